The van der Waals surface area contributed by atoms with Crippen molar-refractivity contribution >= 4 is 13.7 Å². The number of phosphoric acid groups is 1. The zero-order valence-electron chi connectivity index (χ0n) is 39.0. The van der Waals surface area contributed by atoms with Gasteiger partial charge in [-0.3, -0.25) is 9.36 Å². The van der Waals surface area contributed by atoms with Crippen molar-refractivity contribution in [2.75, 3.05) is 40.9 Å². The van der Waals surface area contributed by atoms with Gasteiger partial charge in [0.15, 0.2) is 0 Å². The largest absolute Gasteiger partial charge is 0.756 e. The van der Waals surface area contributed by atoms with Crippen LogP contribution >= 0.6 is 7.82 Å². The number of hydrogen-bond donors (Lipinski definition) is 2. The first-order valence-electron chi connectivity index (χ1n) is 24.7. The van der Waals surface area contributed by atoms with E-state index < -0.39 is 20.0 Å². The zero-order valence-corrected chi connectivity index (χ0v) is 39.9. The van der Waals surface area contributed by atoms with Crippen LogP contribution in [0.25, 0.3) is 0 Å². The van der Waals surface area contributed by atoms with E-state index in [4.69, 9.17) is 9.05 Å². The van der Waals surface area contributed by atoms with Gasteiger partial charge in [-0.2, -0.15) is 0 Å². The van der Waals surface area contributed by atoms with Gasteiger partial charge in [0.1, 0.15) is 13.2 Å². The quantitative estimate of drug-likeness (QED) is 0.0274. The summed E-state index contributed by atoms with van der Waals surface area (Å²) >= 11 is 0. The Balaban J connectivity index is 4.34. The molecule has 1 unspecified atom stereocenters. The third kappa shape index (κ3) is 43.1. The first-order chi connectivity index (χ1) is 28.0. The van der Waals surface area contributed by atoms with E-state index in [1.807, 2.05) is 27.2 Å². The summed E-state index contributed by atoms with van der Waals surface area (Å²) in [7, 11) is 1.25. The highest BCUT2D eigenvalue weighted by Crippen LogP contribution is 2.38. The minimum atomic E-state index is -4.59. The van der Waals surface area contributed by atoms with Crippen LogP contribution in [0.3, 0.4) is 0 Å². The summed E-state index contributed by atoms with van der Waals surface area (Å²) in [5.74, 6) is -0.204. The van der Waals surface area contributed by atoms with Gasteiger partial charge in [0, 0.05) is 6.42 Å². The topological polar surface area (TPSA) is 108 Å². The number of aliphatic hydroxyl groups is 1. The molecule has 0 aromatic carbocycles. The minimum absolute atomic E-state index is 0.00406. The van der Waals surface area contributed by atoms with Crippen LogP contribution < -0.4 is 10.2 Å². The van der Waals surface area contributed by atoms with Gasteiger partial charge in [-0.25, -0.2) is 0 Å². The van der Waals surface area contributed by atoms with Gasteiger partial charge < -0.3 is 28.8 Å². The molecule has 3 atom stereocenters. The Kier molecular flexibility index (Phi) is 40.6. The summed E-state index contributed by atoms with van der Waals surface area (Å²) in [6, 6.07) is -0.898. The number of likely N-dealkylation sites (N-methyl/N-ethyl adjacent to an activating group) is 1. The molecule has 0 rings (SSSR count). The number of nitrogens with zero attached hydrogens (tertiary/aromatic N) is 1. The Morgan fingerprint density at radius 1 is 0.586 bits per heavy atom. The minimum Gasteiger partial charge on any atom is -0.756 e. The van der Waals surface area contributed by atoms with Crippen molar-refractivity contribution in [2.45, 2.75) is 244 Å². The number of hydrogen-bond acceptors (Lipinski definition) is 6. The van der Waals surface area contributed by atoms with E-state index in [0.29, 0.717) is 17.4 Å². The van der Waals surface area contributed by atoms with Crippen molar-refractivity contribution in [3.63, 3.8) is 0 Å². The predicted octanol–water partition coefficient (Wildman–Crippen LogP) is 13.5. The monoisotopic (exact) mass is 841 g/mol. The summed E-state index contributed by atoms with van der Waals surface area (Å²) in [4.78, 5) is 25.4. The molecule has 0 aliphatic carbocycles. The molecular weight excluding hydrogens is 744 g/mol. The Hall–Kier alpha value is -1.02. The van der Waals surface area contributed by atoms with Crippen LogP contribution in [0.2, 0.25) is 0 Å². The van der Waals surface area contributed by atoms with Crippen molar-refractivity contribution in [3.05, 3.63) is 24.3 Å². The molecule has 8 nitrogen and oxygen atoms in total. The number of allylic oxidation sites excluding steroid dienone is 3. The average Bonchev–Trinajstić information content (AvgIpc) is 3.17. The molecule has 0 saturated heterocycles. The maximum absolute atomic E-state index is 12.9. The van der Waals surface area contributed by atoms with Crippen LogP contribution in [0.5, 0.6) is 0 Å². The molecule has 1 amide bonds. The number of phosphoric ester groups is 1. The fraction of sp³-hybridized carbons (Fsp3) is 0.898. The number of amides is 1. The van der Waals surface area contributed by atoms with E-state index in [0.717, 1.165) is 38.5 Å². The van der Waals surface area contributed by atoms with Crippen LogP contribution in [-0.4, -0.2) is 68.5 Å². The van der Waals surface area contributed by atoms with Crippen molar-refractivity contribution in [1.29, 1.82) is 0 Å². The standard InChI is InChI=1S/C49H97N2O6P/c1-6-8-10-12-14-16-18-20-22-24-25-26-27-29-31-33-35-37-39-41-43-49(53)50-47(46-57-58(54,55)56-45-44-51(3,4)5)48(52)42-40-38-36-34-32-30-28-23-21-19-17-15-13-11-9-7-2/h32,34,40,42,47-48,52H,6-31,33,35-39,41,43-46H2,1-5H3,(H-,50,53,54,55)/b34-32+,42-40+/t47-,48+/m0/s1. The molecule has 9 heteroatoms. The lowest BCUT2D eigenvalue weighted by molar-refractivity contribution is -0.870. The normalized spacial score (nSPS) is 14.4. The van der Waals surface area contributed by atoms with Gasteiger partial charge >= 0.3 is 0 Å². The maximum Gasteiger partial charge on any atom is 0.268 e. The molecule has 0 spiro atoms. The second-order valence-corrected chi connectivity index (χ2v) is 19.6. The number of nitrogens with one attached hydrogen (secondary N) is 1. The summed E-state index contributed by atoms with van der Waals surface area (Å²) < 4.78 is 23.2. The second kappa shape index (κ2) is 41.3. The zero-order chi connectivity index (χ0) is 42.8. The molecule has 0 aliphatic rings. The molecular formula is C49H97N2O6P. The van der Waals surface area contributed by atoms with Crippen LogP contribution in [0, 0.1) is 0 Å². The molecule has 2 N–H and O–H groups in total. The van der Waals surface area contributed by atoms with E-state index in [9.17, 15) is 19.4 Å². The number of carbonyl (C=O) groups excluding carboxylic acids is 1. The Morgan fingerprint density at radius 3 is 1.40 bits per heavy atom. The van der Waals surface area contributed by atoms with Gasteiger partial charge in [-0.05, 0) is 32.1 Å². The number of rotatable bonds is 45. The molecule has 0 heterocycles. The highest BCUT2D eigenvalue weighted by atomic mass is 31.2. The van der Waals surface area contributed by atoms with Crippen molar-refractivity contribution in [3.8, 4) is 0 Å². The predicted molar refractivity (Wildman–Crippen MR) is 247 cm³/mol. The smallest absolute Gasteiger partial charge is 0.268 e. The summed E-state index contributed by atoms with van der Waals surface area (Å²) in [6.07, 6.45) is 49.5. The summed E-state index contributed by atoms with van der Waals surface area (Å²) in [6.45, 7) is 4.65. The molecule has 0 aromatic heterocycles. The molecule has 0 aliphatic heterocycles. The van der Waals surface area contributed by atoms with E-state index in [-0.39, 0.29) is 19.1 Å². The highest BCUT2D eigenvalue weighted by molar-refractivity contribution is 7.45. The molecule has 0 fully saturated rings. The van der Waals surface area contributed by atoms with Crippen LogP contribution in [0.4, 0.5) is 0 Å². The van der Waals surface area contributed by atoms with Crippen LogP contribution in [0.1, 0.15) is 232 Å². The maximum atomic E-state index is 12.9. The summed E-state index contributed by atoms with van der Waals surface area (Å²) in [5.41, 5.74) is 0. The molecule has 0 bridgehead atoms. The van der Waals surface area contributed by atoms with Crippen LogP contribution in [-0.2, 0) is 18.4 Å². The Morgan fingerprint density at radius 2 is 0.966 bits per heavy atom. The molecule has 0 aromatic rings. The lowest BCUT2D eigenvalue weighted by Gasteiger charge is -2.29. The Labute approximate surface area is 360 Å². The molecule has 0 saturated carbocycles. The van der Waals surface area contributed by atoms with Crippen molar-refractivity contribution < 1.29 is 32.9 Å². The van der Waals surface area contributed by atoms with Gasteiger partial charge in [0.05, 0.1) is 39.9 Å². The number of unbranched alkanes of at least 4 members (excludes halogenated alkanes) is 30. The third-order valence-electron chi connectivity index (χ3n) is 11.2. The number of carbonyl (C=O) groups is 1. The van der Waals surface area contributed by atoms with E-state index in [2.05, 4.69) is 31.3 Å². The highest BCUT2D eigenvalue weighted by Gasteiger charge is 2.23. The molecule has 344 valence electrons. The summed E-state index contributed by atoms with van der Waals surface area (Å²) in [5, 5.41) is 13.8. The van der Waals surface area contributed by atoms with Gasteiger partial charge in [0.25, 0.3) is 7.82 Å². The van der Waals surface area contributed by atoms with Crippen molar-refractivity contribution in [1.82, 2.24) is 5.32 Å². The first-order valence-corrected chi connectivity index (χ1v) is 26.2. The van der Waals surface area contributed by atoms with Gasteiger partial charge in [0.2, 0.25) is 5.91 Å². The fourth-order valence-electron chi connectivity index (χ4n) is 7.23. The van der Waals surface area contributed by atoms with Gasteiger partial charge in [-0.1, -0.05) is 218 Å². The van der Waals surface area contributed by atoms with Crippen LogP contribution in [0.15, 0.2) is 24.3 Å². The second-order valence-electron chi connectivity index (χ2n) is 18.2. The SMILES string of the molecule is CCCCCCCCCCCC/C=C/CC/C=C/[C@@H](O)[C@H](COP(=O)([O-])OCC[N+](C)(C)C)NC(=O)CCCCCCCCCCCCCCCCCCCCCC. The van der Waals surface area contributed by atoms with Crippen molar-refractivity contribution in [2.24, 2.45) is 0 Å². The van der Waals surface area contributed by atoms with E-state index in [1.165, 1.54) is 173 Å². The third-order valence-corrected chi connectivity index (χ3v) is 12.1. The molecule has 58 heavy (non-hydrogen) atoms. The first kappa shape index (κ1) is 57.0. The molecule has 0 radical (unpaired) electrons. The number of aliphatic hydroxyl groups excluding tert-OH is 1. The Bertz CT molecular complexity index is 1000. The number of quaternary nitrogens is 1. The lowest BCUT2D eigenvalue weighted by atomic mass is 10.0. The van der Waals surface area contributed by atoms with E-state index >= 15 is 0 Å². The van der Waals surface area contributed by atoms with Gasteiger partial charge in [-0.15, -0.1) is 0 Å². The lowest BCUT2D eigenvalue weighted by Crippen LogP contribution is -2.45. The average molecular weight is 841 g/mol. The van der Waals surface area contributed by atoms with E-state index in [1.54, 1.807) is 6.08 Å². The fourth-order valence-corrected chi connectivity index (χ4v) is 7.95.